The monoisotopic (exact) mass is 445 g/mol. The van der Waals surface area contributed by atoms with E-state index in [0.717, 1.165) is 34.7 Å². The van der Waals surface area contributed by atoms with Crippen LogP contribution in [-0.2, 0) is 22.9 Å². The molecule has 0 unspecified atom stereocenters. The first-order valence-electron chi connectivity index (χ1n) is 10.3. The quantitative estimate of drug-likeness (QED) is 0.374. The van der Waals surface area contributed by atoms with E-state index in [2.05, 4.69) is 4.72 Å². The van der Waals surface area contributed by atoms with Gasteiger partial charge >= 0.3 is 5.97 Å². The van der Waals surface area contributed by atoms with Crippen molar-refractivity contribution < 1.29 is 18.3 Å². The van der Waals surface area contributed by atoms with Crippen LogP contribution in [0.2, 0.25) is 0 Å². The molecule has 0 radical (unpaired) electrons. The molecule has 162 valence electrons. The van der Waals surface area contributed by atoms with E-state index in [1.807, 2.05) is 60.7 Å². The average molecular weight is 446 g/mol. The molecule has 32 heavy (non-hydrogen) atoms. The normalized spacial score (nSPS) is 11.4. The number of hydrogen-bond acceptors (Lipinski definition) is 3. The van der Waals surface area contributed by atoms with Crippen molar-refractivity contribution in [1.29, 1.82) is 0 Å². The molecule has 0 heterocycles. The van der Waals surface area contributed by atoms with E-state index in [1.165, 1.54) is 0 Å². The number of para-hydroxylation sites is 1. The van der Waals surface area contributed by atoms with E-state index < -0.39 is 16.0 Å². The molecule has 0 bridgehead atoms. The number of nitrogens with one attached hydrogen (secondary N) is 1. The third-order valence-corrected chi connectivity index (χ3v) is 6.77. The molecular weight excluding hydrogens is 422 g/mol. The summed E-state index contributed by atoms with van der Waals surface area (Å²) in [6.45, 7) is 0. The number of carboxylic acids is 1. The Balaban J connectivity index is 1.47. The summed E-state index contributed by atoms with van der Waals surface area (Å²) >= 11 is 0. The molecule has 4 aromatic carbocycles. The van der Waals surface area contributed by atoms with Gasteiger partial charge in [-0.3, -0.25) is 4.72 Å². The fourth-order valence-electron chi connectivity index (χ4n) is 3.67. The van der Waals surface area contributed by atoms with Crippen molar-refractivity contribution in [3.05, 3.63) is 108 Å². The Kier molecular flexibility index (Phi) is 6.23. The number of aromatic carboxylic acids is 1. The van der Waals surface area contributed by atoms with Crippen molar-refractivity contribution in [2.45, 2.75) is 24.2 Å². The van der Waals surface area contributed by atoms with Crippen molar-refractivity contribution >= 4 is 32.5 Å². The van der Waals surface area contributed by atoms with Gasteiger partial charge in [0.25, 0.3) is 10.0 Å². The van der Waals surface area contributed by atoms with Gasteiger partial charge in [-0.2, -0.15) is 0 Å². The van der Waals surface area contributed by atoms with Crippen LogP contribution in [0, 0.1) is 0 Å². The largest absolute Gasteiger partial charge is 0.478 e. The topological polar surface area (TPSA) is 83.5 Å². The lowest BCUT2D eigenvalue weighted by atomic mass is 10.0. The highest BCUT2D eigenvalue weighted by Gasteiger charge is 2.16. The Labute approximate surface area is 187 Å². The summed E-state index contributed by atoms with van der Waals surface area (Å²) in [5.74, 6) is -0.941. The molecule has 6 heteroatoms. The number of carboxylic acid groups (broad SMARTS) is 1. The van der Waals surface area contributed by atoms with Crippen LogP contribution in [0.5, 0.6) is 0 Å². The molecule has 0 aliphatic heterocycles. The van der Waals surface area contributed by atoms with E-state index in [0.29, 0.717) is 12.1 Å². The lowest BCUT2D eigenvalue weighted by Crippen LogP contribution is -2.14. The Morgan fingerprint density at radius 1 is 0.781 bits per heavy atom. The van der Waals surface area contributed by atoms with Gasteiger partial charge in [-0.1, -0.05) is 60.7 Å². The van der Waals surface area contributed by atoms with Crippen LogP contribution < -0.4 is 4.72 Å². The zero-order valence-corrected chi connectivity index (χ0v) is 18.2. The minimum atomic E-state index is -3.72. The third kappa shape index (κ3) is 4.98. The van der Waals surface area contributed by atoms with E-state index in [1.54, 1.807) is 30.3 Å². The second-order valence-electron chi connectivity index (χ2n) is 7.63. The van der Waals surface area contributed by atoms with Crippen LogP contribution in [0.4, 0.5) is 5.69 Å². The van der Waals surface area contributed by atoms with Gasteiger partial charge in [-0.15, -0.1) is 0 Å². The van der Waals surface area contributed by atoms with Crippen molar-refractivity contribution in [3.63, 3.8) is 0 Å². The van der Waals surface area contributed by atoms with E-state index in [9.17, 15) is 13.2 Å². The molecule has 2 N–H and O–H groups in total. The summed E-state index contributed by atoms with van der Waals surface area (Å²) in [6.07, 6.45) is 2.27. The third-order valence-electron chi connectivity index (χ3n) is 5.41. The number of rotatable bonds is 8. The number of fused-ring (bicyclic) bond motifs is 1. The average Bonchev–Trinajstić information content (AvgIpc) is 2.80. The van der Waals surface area contributed by atoms with Crippen LogP contribution in [0.3, 0.4) is 0 Å². The predicted octanol–water partition coefficient (Wildman–Crippen LogP) is 5.51. The van der Waals surface area contributed by atoms with Gasteiger partial charge in [0, 0.05) is 0 Å². The first-order chi connectivity index (χ1) is 15.4. The van der Waals surface area contributed by atoms with Gasteiger partial charge in [-0.05, 0) is 71.5 Å². The van der Waals surface area contributed by atoms with Crippen molar-refractivity contribution in [2.24, 2.45) is 0 Å². The molecule has 0 aliphatic carbocycles. The molecule has 0 saturated heterocycles. The number of carbonyl (C=O) groups is 1. The predicted molar refractivity (Wildman–Crippen MR) is 127 cm³/mol. The van der Waals surface area contributed by atoms with Crippen LogP contribution in [0.25, 0.3) is 10.8 Å². The smallest absolute Gasteiger partial charge is 0.335 e. The molecule has 4 rings (SSSR count). The second kappa shape index (κ2) is 9.24. The molecular formula is C26H23NO4S. The summed E-state index contributed by atoms with van der Waals surface area (Å²) in [7, 11) is -3.72. The van der Waals surface area contributed by atoms with Gasteiger partial charge in [0.2, 0.25) is 0 Å². The van der Waals surface area contributed by atoms with E-state index in [4.69, 9.17) is 5.11 Å². The van der Waals surface area contributed by atoms with Gasteiger partial charge in [0.1, 0.15) is 0 Å². The molecule has 0 aliphatic rings. The highest BCUT2D eigenvalue weighted by Crippen LogP contribution is 2.24. The fraction of sp³-hybridized carbons (Fsp3) is 0.115. The van der Waals surface area contributed by atoms with Crippen LogP contribution in [0.15, 0.2) is 95.9 Å². The van der Waals surface area contributed by atoms with Gasteiger partial charge in [0.15, 0.2) is 0 Å². The second-order valence-corrected chi connectivity index (χ2v) is 9.31. The van der Waals surface area contributed by atoms with Crippen molar-refractivity contribution in [1.82, 2.24) is 0 Å². The highest BCUT2D eigenvalue weighted by molar-refractivity contribution is 7.92. The highest BCUT2D eigenvalue weighted by atomic mass is 32.2. The standard InChI is InChI=1S/C26H23NO4S/c28-26(29)22-14-12-19(13-15-22)6-5-10-21-8-3-4-11-25(21)27-32(30,31)24-17-16-20-7-1-2-9-23(20)18-24/h1-4,7-9,11-18,27H,5-6,10H2,(H,28,29). The minimum Gasteiger partial charge on any atom is -0.478 e. The number of benzene rings is 4. The maximum atomic E-state index is 13.0. The fourth-order valence-corrected chi connectivity index (χ4v) is 4.81. The molecule has 5 nitrogen and oxygen atoms in total. The first kappa shape index (κ1) is 21.6. The number of anilines is 1. The summed E-state index contributed by atoms with van der Waals surface area (Å²) in [6, 6.07) is 27.0. The number of aryl methyl sites for hydroxylation is 2. The minimum absolute atomic E-state index is 0.226. The van der Waals surface area contributed by atoms with Crippen LogP contribution in [0.1, 0.15) is 27.9 Å². The van der Waals surface area contributed by atoms with Gasteiger partial charge in [0.05, 0.1) is 16.1 Å². The molecule has 4 aromatic rings. The summed E-state index contributed by atoms with van der Waals surface area (Å²) < 4.78 is 28.8. The molecule has 0 atom stereocenters. The zero-order valence-electron chi connectivity index (χ0n) is 17.4. The van der Waals surface area contributed by atoms with Crippen molar-refractivity contribution in [2.75, 3.05) is 4.72 Å². The molecule has 0 spiro atoms. The Bertz CT molecular complexity index is 1360. The lowest BCUT2D eigenvalue weighted by Gasteiger charge is -2.13. The summed E-state index contributed by atoms with van der Waals surface area (Å²) in [4.78, 5) is 11.2. The summed E-state index contributed by atoms with van der Waals surface area (Å²) in [5.41, 5.74) is 2.80. The maximum Gasteiger partial charge on any atom is 0.335 e. The van der Waals surface area contributed by atoms with Crippen LogP contribution in [-0.4, -0.2) is 19.5 Å². The molecule has 0 saturated carbocycles. The Hall–Kier alpha value is -3.64. The molecule has 0 amide bonds. The van der Waals surface area contributed by atoms with Crippen molar-refractivity contribution in [3.8, 4) is 0 Å². The number of sulfonamides is 1. The first-order valence-corrected chi connectivity index (χ1v) is 11.8. The van der Waals surface area contributed by atoms with Gasteiger partial charge in [-0.25, -0.2) is 13.2 Å². The molecule has 0 aromatic heterocycles. The Morgan fingerprint density at radius 2 is 1.47 bits per heavy atom. The van der Waals surface area contributed by atoms with Crippen LogP contribution >= 0.6 is 0 Å². The Morgan fingerprint density at radius 3 is 2.22 bits per heavy atom. The molecule has 0 fully saturated rings. The van der Waals surface area contributed by atoms with E-state index >= 15 is 0 Å². The van der Waals surface area contributed by atoms with Gasteiger partial charge < -0.3 is 5.11 Å². The number of hydrogen-bond donors (Lipinski definition) is 2. The summed E-state index contributed by atoms with van der Waals surface area (Å²) in [5, 5.41) is 10.9. The van der Waals surface area contributed by atoms with E-state index in [-0.39, 0.29) is 10.5 Å². The zero-order chi connectivity index (χ0) is 22.6. The lowest BCUT2D eigenvalue weighted by molar-refractivity contribution is 0.0697. The SMILES string of the molecule is O=C(O)c1ccc(CCCc2ccccc2NS(=O)(=O)c2ccc3ccccc3c2)cc1. The maximum absolute atomic E-state index is 13.0.